The monoisotopic (exact) mass is 368 g/mol. The van der Waals surface area contributed by atoms with E-state index < -0.39 is 11.6 Å². The second-order valence-electron chi connectivity index (χ2n) is 6.77. The van der Waals surface area contributed by atoms with Gasteiger partial charge < -0.3 is 9.30 Å². The zero-order valence-corrected chi connectivity index (χ0v) is 15.4. The summed E-state index contributed by atoms with van der Waals surface area (Å²) in [6, 6.07) is 9.38. The van der Waals surface area contributed by atoms with Crippen molar-refractivity contribution >= 4 is 28.6 Å². The highest BCUT2D eigenvalue weighted by Gasteiger charge is 2.21. The molecule has 0 radical (unpaired) electrons. The van der Waals surface area contributed by atoms with Crippen molar-refractivity contribution in [2.75, 3.05) is 0 Å². The first kappa shape index (κ1) is 17.9. The molecule has 0 saturated carbocycles. The summed E-state index contributed by atoms with van der Waals surface area (Å²) in [7, 11) is 0. The van der Waals surface area contributed by atoms with Crippen LogP contribution in [0.3, 0.4) is 0 Å². The lowest BCUT2D eigenvalue weighted by Gasteiger charge is -2.19. The Morgan fingerprint density at radius 2 is 2.00 bits per heavy atom. The second kappa shape index (κ2) is 6.77. The number of hydrogen-bond acceptors (Lipinski definition) is 5. The highest BCUT2D eigenvalue weighted by molar-refractivity contribution is 6.33. The van der Waals surface area contributed by atoms with Crippen LogP contribution in [0.1, 0.15) is 26.5 Å². The van der Waals surface area contributed by atoms with E-state index in [1.54, 1.807) is 16.8 Å². The average molecular weight is 369 g/mol. The molecule has 0 aliphatic heterocycles. The largest absolute Gasteiger partial charge is 0.459 e. The first-order valence-corrected chi connectivity index (χ1v) is 8.38. The van der Waals surface area contributed by atoms with Crippen LogP contribution in [-0.4, -0.2) is 26.1 Å². The summed E-state index contributed by atoms with van der Waals surface area (Å²) in [5, 5.41) is 10.5. The van der Waals surface area contributed by atoms with Crippen molar-refractivity contribution < 1.29 is 9.53 Å². The Kier molecular flexibility index (Phi) is 4.66. The summed E-state index contributed by atoms with van der Waals surface area (Å²) in [6.07, 6.45) is 3.06. The third-order valence-electron chi connectivity index (χ3n) is 3.64. The van der Waals surface area contributed by atoms with E-state index in [0.717, 1.165) is 5.56 Å². The van der Waals surface area contributed by atoms with Crippen molar-refractivity contribution in [2.24, 2.45) is 0 Å². The first-order chi connectivity index (χ1) is 12.3. The summed E-state index contributed by atoms with van der Waals surface area (Å²) in [4.78, 5) is 20.6. The fourth-order valence-electron chi connectivity index (χ4n) is 2.73. The van der Waals surface area contributed by atoms with Gasteiger partial charge >= 0.3 is 5.97 Å². The molecule has 0 bridgehead atoms. The van der Waals surface area contributed by atoms with Crippen LogP contribution in [0.25, 0.3) is 22.2 Å². The van der Waals surface area contributed by atoms with Crippen LogP contribution in [0.5, 0.6) is 0 Å². The summed E-state index contributed by atoms with van der Waals surface area (Å²) in [5.74, 6) is -0.391. The Balaban J connectivity index is 2.16. The predicted molar refractivity (Wildman–Crippen MR) is 98.5 cm³/mol. The maximum absolute atomic E-state index is 12.3. The van der Waals surface area contributed by atoms with E-state index in [2.05, 4.69) is 16.0 Å². The van der Waals surface area contributed by atoms with E-state index in [4.69, 9.17) is 16.3 Å². The number of ether oxygens (including phenoxy) is 1. The van der Waals surface area contributed by atoms with E-state index in [9.17, 15) is 10.1 Å². The third-order valence-corrected chi connectivity index (χ3v) is 3.97. The van der Waals surface area contributed by atoms with E-state index in [0.29, 0.717) is 21.6 Å². The van der Waals surface area contributed by atoms with Gasteiger partial charge in [0, 0.05) is 22.3 Å². The molecular formula is C19H17ClN4O2. The normalized spacial score (nSPS) is 11.3. The number of nitrogens with zero attached hydrogens (tertiary/aromatic N) is 4. The highest BCUT2D eigenvalue weighted by atomic mass is 35.5. The van der Waals surface area contributed by atoms with Gasteiger partial charge in [-0.2, -0.15) is 5.26 Å². The van der Waals surface area contributed by atoms with Crippen molar-refractivity contribution in [3.8, 4) is 17.2 Å². The van der Waals surface area contributed by atoms with E-state index in [1.807, 2.05) is 39.0 Å². The van der Waals surface area contributed by atoms with Crippen LogP contribution in [0.15, 0.2) is 36.8 Å². The van der Waals surface area contributed by atoms with Crippen LogP contribution >= 0.6 is 11.6 Å². The van der Waals surface area contributed by atoms with Gasteiger partial charge in [-0.15, -0.1) is 0 Å². The Hall–Kier alpha value is -2.91. The number of rotatable bonds is 3. The zero-order valence-electron chi connectivity index (χ0n) is 14.7. The molecule has 7 heteroatoms. The molecule has 3 aromatic rings. The summed E-state index contributed by atoms with van der Waals surface area (Å²) >= 11 is 6.33. The quantitative estimate of drug-likeness (QED) is 0.653. The third kappa shape index (κ3) is 3.53. The number of benzene rings is 1. The fraction of sp³-hybridized carbons (Fsp3) is 0.263. The lowest BCUT2D eigenvalue weighted by Crippen LogP contribution is -2.26. The van der Waals surface area contributed by atoms with Crippen LogP contribution in [-0.2, 0) is 16.1 Å². The molecule has 1 aromatic carbocycles. The Bertz CT molecular complexity index is 1030. The molecule has 0 fully saturated rings. The minimum absolute atomic E-state index is 0.0277. The number of carbonyl (C=O) groups excluding carboxylic acids is 1. The Labute approximate surface area is 156 Å². The Morgan fingerprint density at radius 3 is 2.65 bits per heavy atom. The second-order valence-corrected chi connectivity index (χ2v) is 7.18. The van der Waals surface area contributed by atoms with Gasteiger partial charge in [0.15, 0.2) is 5.69 Å². The molecule has 3 rings (SSSR count). The van der Waals surface area contributed by atoms with Crippen molar-refractivity contribution in [3.63, 3.8) is 0 Å². The summed E-state index contributed by atoms with van der Waals surface area (Å²) < 4.78 is 7.05. The van der Waals surface area contributed by atoms with Gasteiger partial charge in [0.25, 0.3) is 0 Å². The molecule has 0 amide bonds. The topological polar surface area (TPSA) is 80.8 Å². The molecule has 0 atom stereocenters. The highest BCUT2D eigenvalue weighted by Crippen LogP contribution is 2.35. The van der Waals surface area contributed by atoms with E-state index in [1.165, 1.54) is 6.33 Å². The van der Waals surface area contributed by atoms with Crippen molar-refractivity contribution in [1.82, 2.24) is 14.5 Å². The standard InChI is InChI=1S/C19H17ClN4O2/c1-19(2,3)26-16(25)10-24-9-13(12-6-4-5-7-14(12)20)17-15(8-21)22-11-23-18(17)24/h4-7,9,11H,10H2,1-3H3. The van der Waals surface area contributed by atoms with E-state index >= 15 is 0 Å². The van der Waals surface area contributed by atoms with Gasteiger partial charge in [-0.1, -0.05) is 29.8 Å². The molecule has 132 valence electrons. The zero-order chi connectivity index (χ0) is 18.9. The lowest BCUT2D eigenvalue weighted by molar-refractivity contribution is -0.155. The number of halogens is 1. The molecule has 0 saturated heterocycles. The molecule has 6 nitrogen and oxygen atoms in total. The van der Waals surface area contributed by atoms with Gasteiger partial charge in [-0.3, -0.25) is 4.79 Å². The van der Waals surface area contributed by atoms with Crippen molar-refractivity contribution in [3.05, 3.63) is 47.5 Å². The summed E-state index contributed by atoms with van der Waals surface area (Å²) in [6.45, 7) is 5.40. The lowest BCUT2D eigenvalue weighted by atomic mass is 10.1. The number of hydrogen-bond donors (Lipinski definition) is 0. The SMILES string of the molecule is CC(C)(C)OC(=O)Cn1cc(-c2ccccc2Cl)c2c(C#N)ncnc21. The molecule has 0 unspecified atom stereocenters. The van der Waals surface area contributed by atoms with Gasteiger partial charge in [-0.05, 0) is 26.8 Å². The van der Waals surface area contributed by atoms with Gasteiger partial charge in [0.1, 0.15) is 30.2 Å². The molecule has 0 aliphatic carbocycles. The molecular weight excluding hydrogens is 352 g/mol. The molecule has 0 spiro atoms. The maximum atomic E-state index is 12.3. The minimum Gasteiger partial charge on any atom is -0.459 e. The Morgan fingerprint density at radius 1 is 1.27 bits per heavy atom. The van der Waals surface area contributed by atoms with Crippen LogP contribution in [0.2, 0.25) is 5.02 Å². The number of nitriles is 1. The van der Waals surface area contributed by atoms with Crippen LogP contribution < -0.4 is 0 Å². The summed E-state index contributed by atoms with van der Waals surface area (Å²) in [5.41, 5.74) is 1.57. The average Bonchev–Trinajstić information content (AvgIpc) is 2.92. The van der Waals surface area contributed by atoms with Crippen LogP contribution in [0.4, 0.5) is 0 Å². The van der Waals surface area contributed by atoms with Gasteiger partial charge in [0.05, 0.1) is 5.39 Å². The van der Waals surface area contributed by atoms with Gasteiger partial charge in [0.2, 0.25) is 0 Å². The fourth-order valence-corrected chi connectivity index (χ4v) is 2.96. The van der Waals surface area contributed by atoms with Crippen molar-refractivity contribution in [2.45, 2.75) is 32.9 Å². The molecule has 2 heterocycles. The van der Waals surface area contributed by atoms with Crippen molar-refractivity contribution in [1.29, 1.82) is 5.26 Å². The van der Waals surface area contributed by atoms with E-state index in [-0.39, 0.29) is 12.2 Å². The smallest absolute Gasteiger partial charge is 0.326 e. The number of carbonyl (C=O) groups is 1. The molecule has 0 aliphatic rings. The van der Waals surface area contributed by atoms with Gasteiger partial charge in [-0.25, -0.2) is 9.97 Å². The maximum Gasteiger partial charge on any atom is 0.326 e. The predicted octanol–water partition coefficient (Wildman–Crippen LogP) is 3.97. The molecule has 2 aromatic heterocycles. The number of esters is 1. The molecule has 26 heavy (non-hydrogen) atoms. The first-order valence-electron chi connectivity index (χ1n) is 8.01. The molecule has 0 N–H and O–H groups in total. The van der Waals surface area contributed by atoms with Crippen LogP contribution in [0, 0.1) is 11.3 Å². The number of fused-ring (bicyclic) bond motifs is 1. The number of aromatic nitrogens is 3. The minimum atomic E-state index is -0.585.